The third-order valence-corrected chi connectivity index (χ3v) is 3.93. The van der Waals surface area contributed by atoms with Crippen LogP contribution in [0.25, 0.3) is 0 Å². The lowest BCUT2D eigenvalue weighted by molar-refractivity contribution is -0.120. The Hall–Kier alpha value is -2.44. The molecule has 0 unspecified atom stereocenters. The molecule has 25 heavy (non-hydrogen) atoms. The fourth-order valence-corrected chi connectivity index (χ4v) is 2.83. The number of hydrogen-bond acceptors (Lipinski definition) is 5. The van der Waals surface area contributed by atoms with Gasteiger partial charge in [-0.25, -0.2) is 5.43 Å². The summed E-state index contributed by atoms with van der Waals surface area (Å²) in [5.74, 6) is 0.384. The van der Waals surface area contributed by atoms with Gasteiger partial charge in [-0.1, -0.05) is 35.3 Å². The molecule has 0 saturated heterocycles. The zero-order chi connectivity index (χ0) is 18.4. The molecular weight excluding hydrogens is 365 g/mol. The number of ether oxygens (including phenoxy) is 2. The summed E-state index contributed by atoms with van der Waals surface area (Å²) in [7, 11) is 2.92. The smallest absolute Gasteiger partial charge is 0.244 e. The number of amides is 1. The van der Waals surface area contributed by atoms with Crippen LogP contribution in [0.5, 0.6) is 11.5 Å². The number of hydrogen-bond donors (Lipinski definition) is 2. The van der Waals surface area contributed by atoms with E-state index in [0.29, 0.717) is 27.8 Å². The van der Waals surface area contributed by atoms with Gasteiger partial charge in [-0.15, -0.1) is 0 Å². The lowest BCUT2D eigenvalue weighted by atomic mass is 10.1. The van der Waals surface area contributed by atoms with E-state index in [4.69, 9.17) is 38.4 Å². The first-order chi connectivity index (χ1) is 12.0. The van der Waals surface area contributed by atoms with Gasteiger partial charge >= 0.3 is 0 Å². The molecule has 3 N–H and O–H groups in total. The maximum absolute atomic E-state index is 11.9. The zero-order valence-corrected chi connectivity index (χ0v) is 15.2. The third-order valence-electron chi connectivity index (χ3n) is 3.31. The van der Waals surface area contributed by atoms with E-state index < -0.39 is 0 Å². The molecule has 0 atom stereocenters. The van der Waals surface area contributed by atoms with Crippen molar-refractivity contribution in [1.29, 1.82) is 0 Å². The molecule has 1 amide bonds. The standard InChI is InChI=1S/C17H17Cl2N3O3/c1-24-16-11(8-13(18)17(25-2)15(16)19)9-21-22-14(23)7-10-3-5-12(20)6-4-10/h3-6,8-9H,7,20H2,1-2H3,(H,22,23)/b21-9-. The number of carbonyl (C=O) groups excluding carboxylic acids is 1. The van der Waals surface area contributed by atoms with Crippen molar-refractivity contribution in [2.24, 2.45) is 5.10 Å². The quantitative estimate of drug-likeness (QED) is 0.456. The van der Waals surface area contributed by atoms with Crippen LogP contribution in [0.2, 0.25) is 10.0 Å². The van der Waals surface area contributed by atoms with Crippen LogP contribution in [-0.4, -0.2) is 26.3 Å². The van der Waals surface area contributed by atoms with E-state index in [9.17, 15) is 4.79 Å². The highest BCUT2D eigenvalue weighted by molar-refractivity contribution is 6.38. The molecule has 0 spiro atoms. The third kappa shape index (κ3) is 4.78. The fourth-order valence-electron chi connectivity index (χ4n) is 2.13. The highest BCUT2D eigenvalue weighted by Gasteiger charge is 2.16. The number of carbonyl (C=O) groups is 1. The monoisotopic (exact) mass is 381 g/mol. The van der Waals surface area contributed by atoms with E-state index in [2.05, 4.69) is 10.5 Å². The minimum atomic E-state index is -0.273. The van der Waals surface area contributed by atoms with Gasteiger partial charge < -0.3 is 15.2 Å². The molecule has 0 aliphatic rings. The van der Waals surface area contributed by atoms with E-state index in [0.717, 1.165) is 5.56 Å². The average molecular weight is 382 g/mol. The number of nitrogens with two attached hydrogens (primary N) is 1. The van der Waals surface area contributed by atoms with Crippen molar-refractivity contribution in [2.75, 3.05) is 20.0 Å². The van der Waals surface area contributed by atoms with E-state index in [1.165, 1.54) is 20.4 Å². The van der Waals surface area contributed by atoms with Gasteiger partial charge in [0, 0.05) is 11.3 Å². The average Bonchev–Trinajstić information content (AvgIpc) is 2.57. The summed E-state index contributed by atoms with van der Waals surface area (Å²) in [6, 6.07) is 8.62. The maximum Gasteiger partial charge on any atom is 0.244 e. The minimum Gasteiger partial charge on any atom is -0.494 e. The molecule has 0 fully saturated rings. The molecule has 0 bridgehead atoms. The Morgan fingerprint density at radius 2 is 1.84 bits per heavy atom. The lowest BCUT2D eigenvalue weighted by Gasteiger charge is -2.12. The summed E-state index contributed by atoms with van der Waals surface area (Å²) in [5, 5.41) is 4.45. The van der Waals surface area contributed by atoms with Crippen LogP contribution >= 0.6 is 23.2 Å². The second-order valence-electron chi connectivity index (χ2n) is 5.04. The van der Waals surface area contributed by atoms with Crippen LogP contribution in [0.1, 0.15) is 11.1 Å². The van der Waals surface area contributed by atoms with Crippen molar-refractivity contribution in [2.45, 2.75) is 6.42 Å². The normalized spacial score (nSPS) is 10.7. The summed E-state index contributed by atoms with van der Waals surface area (Å²) in [4.78, 5) is 11.9. The fraction of sp³-hybridized carbons (Fsp3) is 0.176. The highest BCUT2D eigenvalue weighted by Crippen LogP contribution is 2.41. The number of benzene rings is 2. The molecule has 0 radical (unpaired) electrons. The molecule has 2 aromatic rings. The predicted octanol–water partition coefficient (Wildman–Crippen LogP) is 3.29. The number of methoxy groups -OCH3 is 2. The summed E-state index contributed by atoms with van der Waals surface area (Å²) >= 11 is 12.3. The molecule has 0 heterocycles. The van der Waals surface area contributed by atoms with Crippen LogP contribution in [-0.2, 0) is 11.2 Å². The lowest BCUT2D eigenvalue weighted by Crippen LogP contribution is -2.19. The molecule has 2 rings (SSSR count). The second kappa shape index (κ2) is 8.60. The number of hydrazone groups is 1. The van der Waals surface area contributed by atoms with Gasteiger partial charge in [-0.05, 0) is 23.8 Å². The van der Waals surface area contributed by atoms with Gasteiger partial charge in [0.25, 0.3) is 0 Å². The Bertz CT molecular complexity index is 793. The topological polar surface area (TPSA) is 85.9 Å². The van der Waals surface area contributed by atoms with Crippen LogP contribution < -0.4 is 20.6 Å². The van der Waals surface area contributed by atoms with Crippen LogP contribution in [0, 0.1) is 0 Å². The van der Waals surface area contributed by atoms with Crippen molar-refractivity contribution < 1.29 is 14.3 Å². The number of rotatable bonds is 6. The van der Waals surface area contributed by atoms with Gasteiger partial charge in [0.1, 0.15) is 10.8 Å². The molecular formula is C17H17Cl2N3O3. The zero-order valence-electron chi connectivity index (χ0n) is 13.7. The SMILES string of the molecule is COc1c(Cl)cc(/C=N\NC(=O)Cc2ccc(N)cc2)c(OC)c1Cl. The minimum absolute atomic E-state index is 0.179. The van der Waals surface area contributed by atoms with Crippen molar-refractivity contribution in [3.63, 3.8) is 0 Å². The summed E-state index contributed by atoms with van der Waals surface area (Å²) < 4.78 is 10.4. The summed E-state index contributed by atoms with van der Waals surface area (Å²) in [5.41, 5.74) is 10.0. The first-order valence-electron chi connectivity index (χ1n) is 7.22. The number of nitrogens with zero attached hydrogens (tertiary/aromatic N) is 1. The van der Waals surface area contributed by atoms with Gasteiger partial charge in [0.2, 0.25) is 5.91 Å². The molecule has 132 valence electrons. The van der Waals surface area contributed by atoms with E-state index in [1.54, 1.807) is 30.3 Å². The highest BCUT2D eigenvalue weighted by atomic mass is 35.5. The van der Waals surface area contributed by atoms with E-state index >= 15 is 0 Å². The van der Waals surface area contributed by atoms with Crippen molar-refractivity contribution in [1.82, 2.24) is 5.43 Å². The van der Waals surface area contributed by atoms with E-state index in [-0.39, 0.29) is 17.4 Å². The number of anilines is 1. The molecule has 0 aliphatic heterocycles. The Morgan fingerprint density at radius 1 is 1.20 bits per heavy atom. The molecule has 8 heteroatoms. The first kappa shape index (κ1) is 18.9. The predicted molar refractivity (Wildman–Crippen MR) is 99.9 cm³/mol. The Kier molecular flexibility index (Phi) is 6.50. The largest absolute Gasteiger partial charge is 0.494 e. The maximum atomic E-state index is 11.9. The summed E-state index contributed by atoms with van der Waals surface area (Å²) in [6.07, 6.45) is 1.58. The number of halogens is 2. The van der Waals surface area contributed by atoms with E-state index in [1.807, 2.05) is 0 Å². The van der Waals surface area contributed by atoms with Crippen molar-refractivity contribution in [3.05, 3.63) is 51.5 Å². The Balaban J connectivity index is 2.08. The van der Waals surface area contributed by atoms with Crippen LogP contribution in [0.4, 0.5) is 5.69 Å². The van der Waals surface area contributed by atoms with Crippen LogP contribution in [0.15, 0.2) is 35.4 Å². The van der Waals surface area contributed by atoms with Crippen molar-refractivity contribution >= 4 is 41.0 Å². The second-order valence-corrected chi connectivity index (χ2v) is 5.82. The van der Waals surface area contributed by atoms with Crippen molar-refractivity contribution in [3.8, 4) is 11.5 Å². The van der Waals surface area contributed by atoms with Gasteiger partial charge in [0.05, 0.1) is 31.9 Å². The molecule has 0 aromatic heterocycles. The Morgan fingerprint density at radius 3 is 2.44 bits per heavy atom. The number of nitrogens with one attached hydrogen (secondary N) is 1. The van der Waals surface area contributed by atoms with Gasteiger partial charge in [0.15, 0.2) is 5.75 Å². The Labute approximate surface area is 155 Å². The van der Waals surface area contributed by atoms with Gasteiger partial charge in [-0.3, -0.25) is 4.79 Å². The summed E-state index contributed by atoms with van der Waals surface area (Å²) in [6.45, 7) is 0. The number of nitrogen functional groups attached to an aromatic ring is 1. The molecule has 0 aliphatic carbocycles. The molecule has 2 aromatic carbocycles. The molecule has 6 nitrogen and oxygen atoms in total. The van der Waals surface area contributed by atoms with Gasteiger partial charge in [-0.2, -0.15) is 5.10 Å². The first-order valence-corrected chi connectivity index (χ1v) is 7.98. The van der Waals surface area contributed by atoms with Crippen LogP contribution in [0.3, 0.4) is 0 Å². The molecule has 0 saturated carbocycles.